The number of primary sulfonamides is 1. The smallest absolute Gasteiger partial charge is 0.287 e. The monoisotopic (exact) mass is 323 g/mol. The van der Waals surface area contributed by atoms with Gasteiger partial charge in [-0.15, -0.1) is 12.4 Å². The Hall–Kier alpha value is -1.09. The first-order valence-electron chi connectivity index (χ1n) is 6.03. The van der Waals surface area contributed by atoms with E-state index >= 15 is 0 Å². The van der Waals surface area contributed by atoms with E-state index in [2.05, 4.69) is 10.6 Å². The molecule has 1 aliphatic rings. The molecule has 1 amide bonds. The van der Waals surface area contributed by atoms with Gasteiger partial charge in [-0.3, -0.25) is 4.79 Å². The molecular formula is C11H18ClN3O4S. The summed E-state index contributed by atoms with van der Waals surface area (Å²) in [7, 11) is -3.87. The van der Waals surface area contributed by atoms with E-state index in [9.17, 15) is 13.2 Å². The number of aryl methyl sites for hydroxylation is 1. The van der Waals surface area contributed by atoms with Crippen molar-refractivity contribution in [3.05, 3.63) is 17.6 Å². The summed E-state index contributed by atoms with van der Waals surface area (Å²) in [6, 6.07) is 1.19. The van der Waals surface area contributed by atoms with Gasteiger partial charge in [-0.05, 0) is 26.3 Å². The minimum Gasteiger partial charge on any atom is -0.455 e. The van der Waals surface area contributed by atoms with E-state index in [4.69, 9.17) is 9.56 Å². The Morgan fingerprint density at radius 1 is 1.55 bits per heavy atom. The maximum atomic E-state index is 11.9. The number of rotatable bonds is 3. The first-order chi connectivity index (χ1) is 8.88. The largest absolute Gasteiger partial charge is 0.455 e. The lowest BCUT2D eigenvalue weighted by Gasteiger charge is -2.23. The second-order valence-corrected chi connectivity index (χ2v) is 6.12. The third-order valence-corrected chi connectivity index (χ3v) is 4.05. The van der Waals surface area contributed by atoms with Crippen LogP contribution in [-0.2, 0) is 10.0 Å². The predicted octanol–water partition coefficient (Wildman–Crippen LogP) is 0.139. The number of furan rings is 1. The number of hydrogen-bond acceptors (Lipinski definition) is 5. The zero-order valence-corrected chi connectivity index (χ0v) is 12.6. The summed E-state index contributed by atoms with van der Waals surface area (Å²) in [5, 5.41) is 11.0. The van der Waals surface area contributed by atoms with E-state index < -0.39 is 15.9 Å². The average Bonchev–Trinajstić information content (AvgIpc) is 2.72. The fourth-order valence-corrected chi connectivity index (χ4v) is 2.80. The van der Waals surface area contributed by atoms with Crippen molar-refractivity contribution in [1.29, 1.82) is 0 Å². The molecule has 2 rings (SSSR count). The van der Waals surface area contributed by atoms with Crippen LogP contribution in [0.4, 0.5) is 0 Å². The lowest BCUT2D eigenvalue weighted by molar-refractivity contribution is 0.0901. The third-order valence-electron chi connectivity index (χ3n) is 3.03. The number of nitrogens with two attached hydrogens (primary N) is 1. The molecule has 0 saturated carbocycles. The minimum atomic E-state index is -3.87. The van der Waals surface area contributed by atoms with Gasteiger partial charge in [0.1, 0.15) is 10.7 Å². The van der Waals surface area contributed by atoms with Crippen LogP contribution in [0, 0.1) is 6.92 Å². The molecule has 9 heteroatoms. The lowest BCUT2D eigenvalue weighted by Crippen LogP contribution is -2.45. The van der Waals surface area contributed by atoms with Gasteiger partial charge in [0.05, 0.1) is 0 Å². The highest BCUT2D eigenvalue weighted by molar-refractivity contribution is 7.89. The molecule has 0 spiro atoms. The fourth-order valence-electron chi connectivity index (χ4n) is 2.09. The van der Waals surface area contributed by atoms with Gasteiger partial charge in [0, 0.05) is 18.7 Å². The molecule has 0 unspecified atom stereocenters. The molecule has 114 valence electrons. The molecule has 1 saturated heterocycles. The van der Waals surface area contributed by atoms with Crippen LogP contribution in [0.5, 0.6) is 0 Å². The fraction of sp³-hybridized carbons (Fsp3) is 0.545. The van der Waals surface area contributed by atoms with Crippen molar-refractivity contribution in [3.63, 3.8) is 0 Å². The molecule has 7 nitrogen and oxygen atoms in total. The van der Waals surface area contributed by atoms with Gasteiger partial charge >= 0.3 is 0 Å². The van der Waals surface area contributed by atoms with Gasteiger partial charge in [0.25, 0.3) is 5.91 Å². The van der Waals surface area contributed by atoms with E-state index in [0.29, 0.717) is 6.54 Å². The normalized spacial score (nSPS) is 19.2. The van der Waals surface area contributed by atoms with Gasteiger partial charge in [-0.1, -0.05) is 0 Å². The van der Waals surface area contributed by atoms with Gasteiger partial charge in [0.15, 0.2) is 5.76 Å². The molecule has 0 aromatic carbocycles. The Balaban J connectivity index is 0.00000200. The van der Waals surface area contributed by atoms with E-state index in [0.717, 1.165) is 25.5 Å². The number of nitrogens with one attached hydrogen (secondary N) is 2. The summed E-state index contributed by atoms with van der Waals surface area (Å²) in [5.41, 5.74) is 0. The minimum absolute atomic E-state index is 0. The quantitative estimate of drug-likeness (QED) is 0.732. The SMILES string of the molecule is Cc1oc(C(=O)N[C@H]2CCCNC2)cc1S(N)(=O)=O.Cl. The van der Waals surface area contributed by atoms with Crippen LogP contribution in [0.1, 0.15) is 29.2 Å². The third kappa shape index (κ3) is 3.95. The van der Waals surface area contributed by atoms with Crippen molar-refractivity contribution in [1.82, 2.24) is 10.6 Å². The molecule has 20 heavy (non-hydrogen) atoms. The van der Waals surface area contributed by atoms with Crippen molar-refractivity contribution in [2.45, 2.75) is 30.7 Å². The first kappa shape index (κ1) is 17.0. The van der Waals surface area contributed by atoms with E-state index in [1.807, 2.05) is 0 Å². The Morgan fingerprint density at radius 2 is 2.25 bits per heavy atom. The Labute approximate surface area is 123 Å². The summed E-state index contributed by atoms with van der Waals surface area (Å²) >= 11 is 0. The molecule has 0 bridgehead atoms. The van der Waals surface area contributed by atoms with E-state index in [1.54, 1.807) is 0 Å². The second-order valence-electron chi connectivity index (χ2n) is 4.59. The highest BCUT2D eigenvalue weighted by Gasteiger charge is 2.23. The van der Waals surface area contributed by atoms with Crippen LogP contribution in [0.3, 0.4) is 0 Å². The van der Waals surface area contributed by atoms with Gasteiger partial charge in [0.2, 0.25) is 10.0 Å². The average molecular weight is 324 g/mol. The van der Waals surface area contributed by atoms with E-state index in [-0.39, 0.29) is 34.9 Å². The Kier molecular flexibility index (Phi) is 5.58. The van der Waals surface area contributed by atoms with Gasteiger partial charge in [-0.2, -0.15) is 0 Å². The number of hydrogen-bond donors (Lipinski definition) is 3. The molecule has 0 radical (unpaired) electrons. The van der Waals surface area contributed by atoms with E-state index in [1.165, 1.54) is 6.92 Å². The highest BCUT2D eigenvalue weighted by atomic mass is 35.5. The summed E-state index contributed by atoms with van der Waals surface area (Å²) < 4.78 is 27.7. The standard InChI is InChI=1S/C11H17N3O4S.ClH/c1-7-10(19(12,16)17)5-9(18-7)11(15)14-8-3-2-4-13-6-8;/h5,8,13H,2-4,6H2,1H3,(H,14,15)(H2,12,16,17);1H/t8-;/m0./s1. The van der Waals surface area contributed by atoms with Crippen LogP contribution in [0.2, 0.25) is 0 Å². The topological polar surface area (TPSA) is 114 Å². The predicted molar refractivity (Wildman–Crippen MR) is 75.4 cm³/mol. The molecular weight excluding hydrogens is 306 g/mol. The summed E-state index contributed by atoms with van der Waals surface area (Å²) in [4.78, 5) is 11.8. The molecule has 1 aromatic rings. The van der Waals surface area contributed by atoms with Crippen molar-refractivity contribution >= 4 is 28.3 Å². The molecule has 4 N–H and O–H groups in total. The Bertz CT molecular complexity index is 578. The maximum absolute atomic E-state index is 11.9. The zero-order valence-electron chi connectivity index (χ0n) is 11.0. The van der Waals surface area contributed by atoms with Crippen LogP contribution in [-0.4, -0.2) is 33.5 Å². The second kappa shape index (κ2) is 6.57. The lowest BCUT2D eigenvalue weighted by atomic mass is 10.1. The first-order valence-corrected chi connectivity index (χ1v) is 7.57. The zero-order chi connectivity index (χ0) is 14.0. The van der Waals surface area contributed by atoms with Crippen molar-refractivity contribution in [2.75, 3.05) is 13.1 Å². The highest BCUT2D eigenvalue weighted by Crippen LogP contribution is 2.18. The summed E-state index contributed by atoms with van der Waals surface area (Å²) in [6.07, 6.45) is 1.88. The Morgan fingerprint density at radius 3 is 2.75 bits per heavy atom. The van der Waals surface area contributed by atoms with Crippen molar-refractivity contribution < 1.29 is 17.6 Å². The van der Waals surface area contributed by atoms with Crippen LogP contribution in [0.25, 0.3) is 0 Å². The molecule has 2 heterocycles. The molecule has 0 aliphatic carbocycles. The van der Waals surface area contributed by atoms with Gasteiger partial charge in [-0.25, -0.2) is 13.6 Å². The molecule has 1 fully saturated rings. The number of amides is 1. The maximum Gasteiger partial charge on any atom is 0.287 e. The van der Waals surface area contributed by atoms with Gasteiger partial charge < -0.3 is 15.1 Å². The molecule has 1 atom stereocenters. The number of sulfonamides is 1. The van der Waals surface area contributed by atoms with Crippen molar-refractivity contribution in [3.8, 4) is 0 Å². The number of piperidine rings is 1. The number of halogens is 1. The van der Waals surface area contributed by atoms with Crippen molar-refractivity contribution in [2.24, 2.45) is 5.14 Å². The summed E-state index contributed by atoms with van der Waals surface area (Å²) in [6.45, 7) is 3.11. The molecule has 1 aromatic heterocycles. The number of carbonyl (C=O) groups excluding carboxylic acids is 1. The number of carbonyl (C=O) groups is 1. The summed E-state index contributed by atoms with van der Waals surface area (Å²) in [5.74, 6) is -0.340. The van der Waals surface area contributed by atoms with Crippen LogP contribution in [0.15, 0.2) is 15.4 Å². The van der Waals surface area contributed by atoms with Crippen LogP contribution < -0.4 is 15.8 Å². The van der Waals surface area contributed by atoms with Crippen LogP contribution >= 0.6 is 12.4 Å². The molecule has 1 aliphatic heterocycles.